The van der Waals surface area contributed by atoms with E-state index in [9.17, 15) is 9.59 Å². The first-order chi connectivity index (χ1) is 12.2. The quantitative estimate of drug-likeness (QED) is 0.290. The number of Topliss-reactive ketones (excluding diaryl/α,β-unsaturated/α-hetero) is 1. The van der Waals surface area contributed by atoms with Crippen molar-refractivity contribution in [2.24, 2.45) is 0 Å². The lowest BCUT2D eigenvalue weighted by atomic mass is 9.89. The van der Waals surface area contributed by atoms with Gasteiger partial charge in [-0.05, 0) is 45.3 Å². The molecule has 4 aromatic carbocycles. The monoisotopic (exact) mass is 330 g/mol. The average molecular weight is 330 g/mol. The van der Waals surface area contributed by atoms with Crippen LogP contribution in [0.2, 0.25) is 0 Å². The molecule has 0 saturated carbocycles. The van der Waals surface area contributed by atoms with Crippen molar-refractivity contribution in [3.8, 4) is 0 Å². The number of carbonyl (C=O) groups is 2. The molecule has 4 rings (SSSR count). The SMILES string of the molecule is CCOC(=O)CCC(=O)c1cc2cccc3ccc4cccc1c4c32. The summed E-state index contributed by atoms with van der Waals surface area (Å²) in [5, 5.41) is 6.63. The standard InChI is InChI=1S/C22H18O3/c1-2-25-20(24)12-11-19(23)18-13-16-7-3-5-14-9-10-15-6-4-8-17(18)22(15)21(14)16/h3-10,13H,2,11-12H2,1H3. The van der Waals surface area contributed by atoms with Gasteiger partial charge in [0.15, 0.2) is 5.78 Å². The van der Waals surface area contributed by atoms with Crippen LogP contribution < -0.4 is 0 Å². The second kappa shape index (κ2) is 6.17. The normalized spacial score (nSPS) is 11.4. The molecule has 0 spiro atoms. The fourth-order valence-electron chi connectivity index (χ4n) is 3.58. The van der Waals surface area contributed by atoms with E-state index in [-0.39, 0.29) is 24.6 Å². The van der Waals surface area contributed by atoms with Crippen molar-refractivity contribution in [3.63, 3.8) is 0 Å². The molecule has 0 bridgehead atoms. The minimum absolute atomic E-state index is 0.0212. The number of ether oxygens (including phenoxy) is 1. The van der Waals surface area contributed by atoms with E-state index in [2.05, 4.69) is 24.3 Å². The topological polar surface area (TPSA) is 43.4 Å². The predicted octanol–water partition coefficient (Wildman–Crippen LogP) is 5.11. The molecule has 25 heavy (non-hydrogen) atoms. The van der Waals surface area contributed by atoms with Gasteiger partial charge >= 0.3 is 5.97 Å². The van der Waals surface area contributed by atoms with Crippen LogP contribution in [0.5, 0.6) is 0 Å². The number of hydrogen-bond donors (Lipinski definition) is 0. The number of ketones is 1. The van der Waals surface area contributed by atoms with E-state index in [1.54, 1.807) is 6.92 Å². The van der Waals surface area contributed by atoms with E-state index in [0.717, 1.165) is 21.5 Å². The molecule has 3 heteroatoms. The molecule has 0 aliphatic heterocycles. The summed E-state index contributed by atoms with van der Waals surface area (Å²) in [6.07, 6.45) is 0.283. The molecule has 0 amide bonds. The maximum Gasteiger partial charge on any atom is 0.306 e. The van der Waals surface area contributed by atoms with Gasteiger partial charge in [-0.25, -0.2) is 0 Å². The van der Waals surface area contributed by atoms with Gasteiger partial charge in [0.2, 0.25) is 0 Å². The Kier molecular flexibility index (Phi) is 3.85. The largest absolute Gasteiger partial charge is 0.466 e. The zero-order valence-corrected chi connectivity index (χ0v) is 14.0. The maximum atomic E-state index is 12.8. The van der Waals surface area contributed by atoms with Crippen LogP contribution in [-0.2, 0) is 9.53 Å². The zero-order valence-electron chi connectivity index (χ0n) is 14.0. The highest BCUT2D eigenvalue weighted by Gasteiger charge is 2.17. The van der Waals surface area contributed by atoms with Crippen molar-refractivity contribution in [1.82, 2.24) is 0 Å². The second-order valence-corrected chi connectivity index (χ2v) is 6.20. The molecule has 124 valence electrons. The molecule has 0 aromatic heterocycles. The van der Waals surface area contributed by atoms with Crippen LogP contribution in [0.1, 0.15) is 30.1 Å². The number of benzene rings is 4. The fourth-order valence-corrected chi connectivity index (χ4v) is 3.58. The van der Waals surface area contributed by atoms with Crippen molar-refractivity contribution in [1.29, 1.82) is 0 Å². The lowest BCUT2D eigenvalue weighted by Gasteiger charge is -2.14. The Labute approximate surface area is 145 Å². The van der Waals surface area contributed by atoms with Gasteiger partial charge in [-0.3, -0.25) is 9.59 Å². The lowest BCUT2D eigenvalue weighted by Crippen LogP contribution is -2.08. The van der Waals surface area contributed by atoms with E-state index >= 15 is 0 Å². The summed E-state index contributed by atoms with van der Waals surface area (Å²) in [5.41, 5.74) is 0.682. The number of esters is 1. The number of rotatable bonds is 5. The van der Waals surface area contributed by atoms with Gasteiger partial charge in [-0.1, -0.05) is 48.5 Å². The van der Waals surface area contributed by atoms with Crippen molar-refractivity contribution in [2.75, 3.05) is 6.61 Å². The highest BCUT2D eigenvalue weighted by molar-refractivity contribution is 6.27. The third-order valence-corrected chi connectivity index (χ3v) is 4.67. The Morgan fingerprint density at radius 2 is 1.52 bits per heavy atom. The van der Waals surface area contributed by atoms with Crippen LogP contribution in [0.4, 0.5) is 0 Å². The van der Waals surface area contributed by atoms with Gasteiger partial charge in [0.25, 0.3) is 0 Å². The summed E-state index contributed by atoms with van der Waals surface area (Å²) in [6.45, 7) is 2.10. The molecule has 0 radical (unpaired) electrons. The molecule has 0 saturated heterocycles. The van der Waals surface area contributed by atoms with Gasteiger partial charge < -0.3 is 4.74 Å². The van der Waals surface area contributed by atoms with Crippen LogP contribution in [-0.4, -0.2) is 18.4 Å². The average Bonchev–Trinajstić information content (AvgIpc) is 2.64. The molecular weight excluding hydrogens is 312 g/mol. The summed E-state index contributed by atoms with van der Waals surface area (Å²) in [7, 11) is 0. The van der Waals surface area contributed by atoms with E-state index < -0.39 is 0 Å². The van der Waals surface area contributed by atoms with Crippen molar-refractivity contribution >= 4 is 44.1 Å². The highest BCUT2D eigenvalue weighted by Crippen LogP contribution is 2.36. The summed E-state index contributed by atoms with van der Waals surface area (Å²) in [5.74, 6) is -0.347. The molecule has 0 fully saturated rings. The fraction of sp³-hybridized carbons (Fsp3) is 0.182. The summed E-state index contributed by atoms with van der Waals surface area (Å²) >= 11 is 0. The van der Waals surface area contributed by atoms with E-state index in [1.807, 2.05) is 30.3 Å². The van der Waals surface area contributed by atoms with Crippen LogP contribution in [0, 0.1) is 0 Å². The minimum Gasteiger partial charge on any atom is -0.466 e. The molecule has 0 unspecified atom stereocenters. The third kappa shape index (κ3) is 2.62. The van der Waals surface area contributed by atoms with Crippen molar-refractivity contribution < 1.29 is 14.3 Å². The lowest BCUT2D eigenvalue weighted by molar-refractivity contribution is -0.143. The third-order valence-electron chi connectivity index (χ3n) is 4.67. The summed E-state index contributed by atoms with van der Waals surface area (Å²) in [4.78, 5) is 24.4. The Morgan fingerprint density at radius 3 is 2.28 bits per heavy atom. The Balaban J connectivity index is 1.86. The Morgan fingerprint density at radius 1 is 0.840 bits per heavy atom. The van der Waals surface area contributed by atoms with Crippen LogP contribution >= 0.6 is 0 Å². The first-order valence-electron chi connectivity index (χ1n) is 8.54. The first kappa shape index (κ1) is 15.6. The summed E-state index contributed by atoms with van der Waals surface area (Å²) in [6, 6.07) is 18.3. The smallest absolute Gasteiger partial charge is 0.306 e. The van der Waals surface area contributed by atoms with E-state index in [4.69, 9.17) is 4.74 Å². The van der Waals surface area contributed by atoms with Gasteiger partial charge in [0, 0.05) is 12.0 Å². The maximum absolute atomic E-state index is 12.8. The highest BCUT2D eigenvalue weighted by atomic mass is 16.5. The molecule has 0 atom stereocenters. The van der Waals surface area contributed by atoms with Gasteiger partial charge in [0.1, 0.15) is 0 Å². The molecule has 0 aliphatic carbocycles. The molecule has 3 nitrogen and oxygen atoms in total. The number of hydrogen-bond acceptors (Lipinski definition) is 3. The van der Waals surface area contributed by atoms with Crippen molar-refractivity contribution in [2.45, 2.75) is 19.8 Å². The Hall–Kier alpha value is -2.94. The second-order valence-electron chi connectivity index (χ2n) is 6.20. The minimum atomic E-state index is -0.326. The molecule has 0 N–H and O–H groups in total. The zero-order chi connectivity index (χ0) is 17.4. The van der Waals surface area contributed by atoms with Crippen LogP contribution in [0.25, 0.3) is 32.3 Å². The Bertz CT molecular complexity index is 1090. The van der Waals surface area contributed by atoms with Gasteiger partial charge in [-0.2, -0.15) is 0 Å². The molecule has 4 aromatic rings. The first-order valence-corrected chi connectivity index (χ1v) is 8.54. The molecular formula is C22H18O3. The summed E-state index contributed by atoms with van der Waals surface area (Å²) < 4.78 is 4.93. The van der Waals surface area contributed by atoms with Gasteiger partial charge in [0.05, 0.1) is 13.0 Å². The predicted molar refractivity (Wildman–Crippen MR) is 100 cm³/mol. The van der Waals surface area contributed by atoms with E-state index in [0.29, 0.717) is 12.2 Å². The van der Waals surface area contributed by atoms with E-state index in [1.165, 1.54) is 10.8 Å². The van der Waals surface area contributed by atoms with Crippen LogP contribution in [0.15, 0.2) is 54.6 Å². The molecule has 0 aliphatic rings. The van der Waals surface area contributed by atoms with Gasteiger partial charge in [-0.15, -0.1) is 0 Å². The van der Waals surface area contributed by atoms with Crippen molar-refractivity contribution in [3.05, 3.63) is 60.2 Å². The number of carbonyl (C=O) groups excluding carboxylic acids is 2. The molecule has 0 heterocycles. The van der Waals surface area contributed by atoms with Crippen LogP contribution in [0.3, 0.4) is 0 Å².